The predicted molar refractivity (Wildman–Crippen MR) is 157 cm³/mol. The second-order valence-corrected chi connectivity index (χ2v) is 11.6. The molecule has 0 bridgehead atoms. The quantitative estimate of drug-likeness (QED) is 0.138. The third-order valence-electron chi connectivity index (χ3n) is 7.71. The molecule has 0 saturated carbocycles. The summed E-state index contributed by atoms with van der Waals surface area (Å²) in [6.45, 7) is 7.51. The Morgan fingerprint density at radius 3 is 1.53 bits per heavy atom. The molecule has 208 valence electrons. The van der Waals surface area contributed by atoms with Gasteiger partial charge in [-0.1, -0.05) is 142 Å². The monoisotopic (exact) mass is 501 g/mol. The summed E-state index contributed by atoms with van der Waals surface area (Å²) in [6.07, 6.45) is 27.4. The summed E-state index contributed by atoms with van der Waals surface area (Å²) < 4.78 is 0. The van der Waals surface area contributed by atoms with Gasteiger partial charge in [-0.2, -0.15) is 0 Å². The fourth-order valence-electron chi connectivity index (χ4n) is 5.09. The maximum absolute atomic E-state index is 12.1. The van der Waals surface area contributed by atoms with E-state index in [-0.39, 0.29) is 11.3 Å². The van der Waals surface area contributed by atoms with E-state index in [1.807, 2.05) is 12.1 Å². The second kappa shape index (κ2) is 21.6. The van der Waals surface area contributed by atoms with Gasteiger partial charge in [-0.05, 0) is 42.4 Å². The number of nitrogens with one attached hydrogen (secondary N) is 1. The van der Waals surface area contributed by atoms with Crippen LogP contribution in [0, 0.1) is 0 Å². The minimum absolute atomic E-state index is 0.0151. The van der Waals surface area contributed by atoms with Crippen molar-refractivity contribution in [2.24, 2.45) is 0 Å². The van der Waals surface area contributed by atoms with Crippen LogP contribution in [0.25, 0.3) is 0 Å². The maximum atomic E-state index is 12.1. The van der Waals surface area contributed by atoms with E-state index < -0.39 is 0 Å². The van der Waals surface area contributed by atoms with Gasteiger partial charge in [-0.3, -0.25) is 4.79 Å². The minimum atomic E-state index is 0.0151. The van der Waals surface area contributed by atoms with Gasteiger partial charge in [0, 0.05) is 13.0 Å². The number of hydrogen-bond acceptors (Lipinski definition) is 2. The molecule has 1 rings (SSSR count). The summed E-state index contributed by atoms with van der Waals surface area (Å²) in [5.41, 5.74) is 1.22. The van der Waals surface area contributed by atoms with Crippen molar-refractivity contribution in [3.63, 3.8) is 0 Å². The van der Waals surface area contributed by atoms with Crippen LogP contribution >= 0.6 is 0 Å². The normalized spacial score (nSPS) is 11.6. The number of aromatic hydroxyl groups is 1. The first-order valence-corrected chi connectivity index (χ1v) is 15.5. The Morgan fingerprint density at radius 1 is 0.667 bits per heavy atom. The molecule has 0 aliphatic heterocycles. The van der Waals surface area contributed by atoms with Crippen LogP contribution in [0.3, 0.4) is 0 Å². The van der Waals surface area contributed by atoms with Gasteiger partial charge in [0.2, 0.25) is 5.91 Å². The van der Waals surface area contributed by atoms with Crippen LogP contribution in [0.2, 0.25) is 0 Å². The Labute approximate surface area is 224 Å². The fourth-order valence-corrected chi connectivity index (χ4v) is 5.09. The van der Waals surface area contributed by atoms with Crippen LogP contribution in [0.15, 0.2) is 24.3 Å². The highest BCUT2D eigenvalue weighted by Gasteiger charge is 2.20. The highest BCUT2D eigenvalue weighted by Crippen LogP contribution is 2.30. The van der Waals surface area contributed by atoms with Crippen molar-refractivity contribution in [2.45, 2.75) is 161 Å². The molecule has 0 unspecified atom stereocenters. The molecule has 36 heavy (non-hydrogen) atoms. The number of amides is 1. The summed E-state index contributed by atoms with van der Waals surface area (Å²) in [6, 6.07) is 7.44. The average Bonchev–Trinajstić information content (AvgIpc) is 2.85. The van der Waals surface area contributed by atoms with Crippen molar-refractivity contribution in [1.29, 1.82) is 0 Å². The Kier molecular flexibility index (Phi) is 19.5. The van der Waals surface area contributed by atoms with Crippen LogP contribution in [-0.2, 0) is 10.2 Å². The van der Waals surface area contributed by atoms with Gasteiger partial charge in [0.05, 0.1) is 0 Å². The Hall–Kier alpha value is -1.51. The summed E-state index contributed by atoms with van der Waals surface area (Å²) in [7, 11) is 0. The number of carbonyl (C=O) groups excluding carboxylic acids is 1. The van der Waals surface area contributed by atoms with E-state index >= 15 is 0 Å². The smallest absolute Gasteiger partial charge is 0.219 e. The van der Waals surface area contributed by atoms with Crippen molar-refractivity contribution in [3.8, 4) is 5.75 Å². The number of hydrogen-bond donors (Lipinski definition) is 2. The summed E-state index contributed by atoms with van der Waals surface area (Å²) in [5, 5.41) is 12.6. The van der Waals surface area contributed by atoms with Gasteiger partial charge in [-0.25, -0.2) is 0 Å². The summed E-state index contributed by atoms with van der Waals surface area (Å²) in [5.74, 6) is 0.483. The molecule has 3 heteroatoms. The van der Waals surface area contributed by atoms with Gasteiger partial charge in [0.15, 0.2) is 0 Å². The van der Waals surface area contributed by atoms with E-state index in [0.717, 1.165) is 25.8 Å². The molecule has 1 aromatic rings. The van der Waals surface area contributed by atoms with Crippen molar-refractivity contribution in [3.05, 3.63) is 29.8 Å². The van der Waals surface area contributed by atoms with Crippen molar-refractivity contribution < 1.29 is 9.90 Å². The molecule has 1 aromatic carbocycles. The van der Waals surface area contributed by atoms with Crippen LogP contribution in [0.4, 0.5) is 0 Å². The van der Waals surface area contributed by atoms with Crippen LogP contribution < -0.4 is 5.32 Å². The number of phenols is 1. The van der Waals surface area contributed by atoms with Crippen molar-refractivity contribution in [2.75, 3.05) is 6.54 Å². The molecule has 1 amide bonds. The second-order valence-electron chi connectivity index (χ2n) is 11.6. The molecule has 0 spiro atoms. The van der Waals surface area contributed by atoms with E-state index in [1.165, 1.54) is 115 Å². The van der Waals surface area contributed by atoms with E-state index in [4.69, 9.17) is 0 Å². The molecular formula is C33H59NO2. The third kappa shape index (κ3) is 17.8. The number of phenolic OH excluding ortho intramolecular Hbond substituents is 1. The standard InChI is InChI=1S/C33H59NO2/c1-4-5-6-7-8-9-10-11-12-13-14-15-16-17-18-19-20-21-29-34-32(36)23-22-28-33(2,3)30-24-26-31(35)27-25-30/h24-27,35H,4-23,28-29H2,1-3H3,(H,34,36). The lowest BCUT2D eigenvalue weighted by atomic mass is 9.80. The molecule has 3 nitrogen and oxygen atoms in total. The first-order valence-electron chi connectivity index (χ1n) is 15.5. The zero-order chi connectivity index (χ0) is 26.3. The van der Waals surface area contributed by atoms with Gasteiger partial charge >= 0.3 is 0 Å². The molecule has 0 heterocycles. The van der Waals surface area contributed by atoms with E-state index in [9.17, 15) is 9.90 Å². The molecule has 0 aromatic heterocycles. The molecular weight excluding hydrogens is 442 g/mol. The Bertz CT molecular complexity index is 638. The summed E-state index contributed by atoms with van der Waals surface area (Å²) >= 11 is 0. The van der Waals surface area contributed by atoms with Gasteiger partial charge in [-0.15, -0.1) is 0 Å². The lowest BCUT2D eigenvalue weighted by Crippen LogP contribution is -2.25. The first kappa shape index (κ1) is 32.5. The van der Waals surface area contributed by atoms with E-state index in [0.29, 0.717) is 12.2 Å². The lowest BCUT2D eigenvalue weighted by molar-refractivity contribution is -0.121. The average molecular weight is 502 g/mol. The molecule has 0 aliphatic rings. The number of carbonyl (C=O) groups is 1. The Balaban J connectivity index is 1.83. The van der Waals surface area contributed by atoms with Crippen molar-refractivity contribution in [1.82, 2.24) is 5.32 Å². The SMILES string of the molecule is CCCCCCCCCCCCCCCCCCCCNC(=O)CCCC(C)(C)c1ccc(O)cc1. The summed E-state index contributed by atoms with van der Waals surface area (Å²) in [4.78, 5) is 12.1. The predicted octanol–water partition coefficient (Wildman–Crippen LogP) is 10.00. The minimum Gasteiger partial charge on any atom is -0.508 e. The zero-order valence-electron chi connectivity index (χ0n) is 24.2. The number of benzene rings is 1. The fraction of sp³-hybridized carbons (Fsp3) is 0.788. The first-order chi connectivity index (χ1) is 17.5. The molecule has 0 aliphatic carbocycles. The Morgan fingerprint density at radius 2 is 1.08 bits per heavy atom. The van der Waals surface area contributed by atoms with Gasteiger partial charge in [0.25, 0.3) is 0 Å². The molecule has 0 radical (unpaired) electrons. The molecule has 2 N–H and O–H groups in total. The van der Waals surface area contributed by atoms with Gasteiger partial charge in [0.1, 0.15) is 5.75 Å². The largest absolute Gasteiger partial charge is 0.508 e. The lowest BCUT2D eigenvalue weighted by Gasteiger charge is -2.25. The number of unbranched alkanes of at least 4 members (excludes halogenated alkanes) is 17. The van der Waals surface area contributed by atoms with Crippen molar-refractivity contribution >= 4 is 5.91 Å². The van der Waals surface area contributed by atoms with Gasteiger partial charge < -0.3 is 10.4 Å². The van der Waals surface area contributed by atoms with E-state index in [2.05, 4.69) is 26.1 Å². The highest BCUT2D eigenvalue weighted by molar-refractivity contribution is 5.75. The zero-order valence-corrected chi connectivity index (χ0v) is 24.2. The topological polar surface area (TPSA) is 49.3 Å². The molecule has 0 atom stereocenters. The molecule has 0 saturated heterocycles. The maximum Gasteiger partial charge on any atom is 0.219 e. The highest BCUT2D eigenvalue weighted by atomic mass is 16.3. The molecule has 0 fully saturated rings. The number of rotatable bonds is 24. The van der Waals surface area contributed by atoms with Crippen LogP contribution in [0.1, 0.15) is 161 Å². The third-order valence-corrected chi connectivity index (χ3v) is 7.71. The van der Waals surface area contributed by atoms with E-state index in [1.54, 1.807) is 12.1 Å². The van der Waals surface area contributed by atoms with Crippen LogP contribution in [-0.4, -0.2) is 17.6 Å². The van der Waals surface area contributed by atoms with Crippen LogP contribution in [0.5, 0.6) is 5.75 Å².